The van der Waals surface area contributed by atoms with E-state index in [1.165, 1.54) is 0 Å². The van der Waals surface area contributed by atoms with E-state index in [1.54, 1.807) is 30.1 Å². The Hall–Kier alpha value is -2.71. The van der Waals surface area contributed by atoms with Gasteiger partial charge in [0.1, 0.15) is 6.61 Å². The molecule has 0 saturated heterocycles. The van der Waals surface area contributed by atoms with E-state index in [0.29, 0.717) is 36.0 Å². The van der Waals surface area contributed by atoms with Crippen LogP contribution in [0.1, 0.15) is 21.7 Å². The number of halogens is 1. The topological polar surface area (TPSA) is 78.3 Å². The second-order valence-electron chi connectivity index (χ2n) is 6.11. The molecule has 0 aliphatic carbocycles. The summed E-state index contributed by atoms with van der Waals surface area (Å²) in [6.07, 6.45) is 1.56. The van der Waals surface area contributed by atoms with Crippen molar-refractivity contribution in [2.45, 2.75) is 13.8 Å². The fourth-order valence-corrected chi connectivity index (χ4v) is 3.03. The molecule has 0 saturated carbocycles. The number of hydrogen-bond donors (Lipinski definition) is 1. The largest absolute Gasteiger partial charge is 0.475 e. The Morgan fingerprint density at radius 3 is 2.54 bits per heavy atom. The van der Waals surface area contributed by atoms with E-state index in [0.717, 1.165) is 15.9 Å². The number of methoxy groups -OCH3 is 1. The highest BCUT2D eigenvalue weighted by Gasteiger charge is 2.19. The highest BCUT2D eigenvalue weighted by atomic mass is 79.9. The monoisotopic (exact) mass is 444 g/mol. The normalized spacial score (nSPS) is 10.7. The molecular weight excluding hydrogens is 424 g/mol. The zero-order valence-corrected chi connectivity index (χ0v) is 17.5. The van der Waals surface area contributed by atoms with Crippen LogP contribution in [0, 0.1) is 13.8 Å². The van der Waals surface area contributed by atoms with E-state index < -0.39 is 0 Å². The Morgan fingerprint density at radius 1 is 1.14 bits per heavy atom. The van der Waals surface area contributed by atoms with Crippen LogP contribution in [0.2, 0.25) is 0 Å². The van der Waals surface area contributed by atoms with Gasteiger partial charge in [-0.2, -0.15) is 5.10 Å². The number of rotatable bonds is 7. The first-order chi connectivity index (χ1) is 13.5. The summed E-state index contributed by atoms with van der Waals surface area (Å²) in [7, 11) is 1.61. The quantitative estimate of drug-likeness (QED) is 0.558. The van der Waals surface area contributed by atoms with Gasteiger partial charge in [-0.15, -0.1) is 0 Å². The van der Waals surface area contributed by atoms with Crippen molar-refractivity contribution in [1.82, 2.24) is 14.8 Å². The van der Waals surface area contributed by atoms with Gasteiger partial charge in [-0.25, -0.2) is 9.67 Å². The molecule has 8 heteroatoms. The summed E-state index contributed by atoms with van der Waals surface area (Å²) in [6.45, 7) is 4.61. The van der Waals surface area contributed by atoms with Crippen molar-refractivity contribution in [3.8, 4) is 11.6 Å². The Bertz CT molecular complexity index is 953. The van der Waals surface area contributed by atoms with Crippen LogP contribution in [-0.4, -0.2) is 41.0 Å². The molecule has 0 radical (unpaired) electrons. The summed E-state index contributed by atoms with van der Waals surface area (Å²) in [5.74, 6) is 0.249. The molecule has 0 fully saturated rings. The van der Waals surface area contributed by atoms with Gasteiger partial charge in [-0.3, -0.25) is 4.79 Å². The summed E-state index contributed by atoms with van der Waals surface area (Å²) >= 11 is 3.42. The number of carbonyl (C=O) groups is 1. The lowest BCUT2D eigenvalue weighted by Gasteiger charge is -2.08. The first-order valence-corrected chi connectivity index (χ1v) is 9.50. The van der Waals surface area contributed by atoms with Gasteiger partial charge < -0.3 is 14.8 Å². The van der Waals surface area contributed by atoms with Crippen molar-refractivity contribution in [2.24, 2.45) is 0 Å². The van der Waals surface area contributed by atoms with Crippen LogP contribution in [0.25, 0.3) is 5.69 Å². The standard InChI is InChI=1S/C20H21BrN4O3/c1-13-19(14(2)25(24-13)17-7-4-15(21)5-8-17)20(26)23-16-6-9-18(22-12-16)28-11-10-27-3/h4-9,12H,10-11H2,1-3H3,(H,23,26). The average molecular weight is 445 g/mol. The summed E-state index contributed by atoms with van der Waals surface area (Å²) in [4.78, 5) is 17.0. The van der Waals surface area contributed by atoms with E-state index >= 15 is 0 Å². The number of nitrogens with one attached hydrogen (secondary N) is 1. The molecule has 3 aromatic rings. The number of benzene rings is 1. The second kappa shape index (κ2) is 8.99. The number of nitrogens with zero attached hydrogens (tertiary/aromatic N) is 3. The smallest absolute Gasteiger partial charge is 0.259 e. The third-order valence-corrected chi connectivity index (χ3v) is 4.65. The molecule has 0 aliphatic rings. The predicted molar refractivity (Wildman–Crippen MR) is 110 cm³/mol. The number of hydrogen-bond acceptors (Lipinski definition) is 5. The maximum absolute atomic E-state index is 12.8. The minimum atomic E-state index is -0.229. The second-order valence-corrected chi connectivity index (χ2v) is 7.03. The van der Waals surface area contributed by atoms with E-state index in [2.05, 4.69) is 31.3 Å². The minimum absolute atomic E-state index is 0.229. The summed E-state index contributed by atoms with van der Waals surface area (Å²) in [6, 6.07) is 11.2. The van der Waals surface area contributed by atoms with Crippen LogP contribution >= 0.6 is 15.9 Å². The van der Waals surface area contributed by atoms with E-state index in [4.69, 9.17) is 9.47 Å². The Kier molecular flexibility index (Phi) is 6.43. The van der Waals surface area contributed by atoms with Crippen molar-refractivity contribution in [3.05, 3.63) is 64.0 Å². The van der Waals surface area contributed by atoms with Gasteiger partial charge in [0, 0.05) is 17.6 Å². The molecule has 0 spiro atoms. The molecule has 1 amide bonds. The van der Waals surface area contributed by atoms with Crippen LogP contribution in [0.15, 0.2) is 47.1 Å². The fourth-order valence-electron chi connectivity index (χ4n) is 2.77. The number of carbonyl (C=O) groups excluding carboxylic acids is 1. The molecule has 2 aromatic heterocycles. The van der Waals surface area contributed by atoms with Crippen molar-refractivity contribution in [1.29, 1.82) is 0 Å². The van der Waals surface area contributed by atoms with E-state index in [1.807, 2.05) is 38.1 Å². The lowest BCUT2D eigenvalue weighted by molar-refractivity contribution is 0.102. The maximum Gasteiger partial charge on any atom is 0.259 e. The predicted octanol–water partition coefficient (Wildman–Crippen LogP) is 3.92. The molecule has 0 aliphatic heterocycles. The summed E-state index contributed by atoms with van der Waals surface area (Å²) in [5, 5.41) is 7.39. The number of amides is 1. The van der Waals surface area contributed by atoms with Crippen molar-refractivity contribution < 1.29 is 14.3 Å². The first-order valence-electron chi connectivity index (χ1n) is 8.71. The van der Waals surface area contributed by atoms with Gasteiger partial charge in [0.2, 0.25) is 5.88 Å². The van der Waals surface area contributed by atoms with Gasteiger partial charge in [-0.1, -0.05) is 15.9 Å². The van der Waals surface area contributed by atoms with Crippen LogP contribution in [0.3, 0.4) is 0 Å². The zero-order valence-electron chi connectivity index (χ0n) is 15.9. The molecule has 1 aromatic carbocycles. The number of aryl methyl sites for hydroxylation is 1. The molecule has 146 valence electrons. The lowest BCUT2D eigenvalue weighted by Crippen LogP contribution is -2.14. The highest BCUT2D eigenvalue weighted by molar-refractivity contribution is 9.10. The Morgan fingerprint density at radius 2 is 1.89 bits per heavy atom. The third-order valence-electron chi connectivity index (χ3n) is 4.12. The third kappa shape index (κ3) is 4.58. The molecule has 7 nitrogen and oxygen atoms in total. The molecular formula is C20H21BrN4O3. The zero-order chi connectivity index (χ0) is 20.1. The minimum Gasteiger partial charge on any atom is -0.475 e. The highest BCUT2D eigenvalue weighted by Crippen LogP contribution is 2.21. The maximum atomic E-state index is 12.8. The van der Waals surface area contributed by atoms with Crippen molar-refractivity contribution >= 4 is 27.5 Å². The molecule has 2 heterocycles. The molecule has 1 N–H and O–H groups in total. The fraction of sp³-hybridized carbons (Fsp3) is 0.250. The van der Waals surface area contributed by atoms with Crippen LogP contribution in [0.5, 0.6) is 5.88 Å². The van der Waals surface area contributed by atoms with Gasteiger partial charge in [0.15, 0.2) is 0 Å². The molecule has 0 bridgehead atoms. The van der Waals surface area contributed by atoms with E-state index in [9.17, 15) is 4.79 Å². The first kappa shape index (κ1) is 20.0. The molecule has 0 unspecified atom stereocenters. The van der Waals surface area contributed by atoms with Crippen molar-refractivity contribution in [2.75, 3.05) is 25.6 Å². The number of anilines is 1. The summed E-state index contributed by atoms with van der Waals surface area (Å²) in [5.41, 5.74) is 3.44. The molecule has 28 heavy (non-hydrogen) atoms. The molecule has 3 rings (SSSR count). The van der Waals surface area contributed by atoms with Crippen molar-refractivity contribution in [3.63, 3.8) is 0 Å². The SMILES string of the molecule is COCCOc1ccc(NC(=O)c2c(C)nn(-c3ccc(Br)cc3)c2C)cn1. The number of ether oxygens (including phenoxy) is 2. The van der Waals surface area contributed by atoms with Gasteiger partial charge in [0.05, 0.1) is 41.1 Å². The average Bonchev–Trinajstić information content (AvgIpc) is 2.98. The Balaban J connectivity index is 1.75. The van der Waals surface area contributed by atoms with Gasteiger partial charge in [0.25, 0.3) is 5.91 Å². The van der Waals surface area contributed by atoms with Crippen LogP contribution in [-0.2, 0) is 4.74 Å². The van der Waals surface area contributed by atoms with Crippen LogP contribution < -0.4 is 10.1 Å². The number of pyridine rings is 1. The Labute approximate surface area is 171 Å². The van der Waals surface area contributed by atoms with Crippen LogP contribution in [0.4, 0.5) is 5.69 Å². The lowest BCUT2D eigenvalue weighted by atomic mass is 10.2. The molecule has 0 atom stereocenters. The number of aromatic nitrogens is 3. The van der Waals surface area contributed by atoms with Gasteiger partial charge in [-0.05, 0) is 44.2 Å². The summed E-state index contributed by atoms with van der Waals surface area (Å²) < 4.78 is 13.1. The van der Waals surface area contributed by atoms with E-state index in [-0.39, 0.29) is 5.91 Å². The van der Waals surface area contributed by atoms with Gasteiger partial charge >= 0.3 is 0 Å².